The van der Waals surface area contributed by atoms with Crippen LogP contribution in [0.2, 0.25) is 0 Å². The van der Waals surface area contributed by atoms with Crippen molar-refractivity contribution >= 4 is 11.7 Å². The maximum atomic E-state index is 13.5. The summed E-state index contributed by atoms with van der Waals surface area (Å²) in [5.74, 6) is -0.514. The van der Waals surface area contributed by atoms with Crippen molar-refractivity contribution in [3.05, 3.63) is 114 Å². The smallest absolute Gasteiger partial charge is 0.255 e. The molecule has 0 spiro atoms. The number of halogens is 2. The summed E-state index contributed by atoms with van der Waals surface area (Å²) in [6.07, 6.45) is 3.91. The number of carbonyl (C=O) groups is 1. The zero-order valence-electron chi connectivity index (χ0n) is 17.8. The van der Waals surface area contributed by atoms with E-state index < -0.39 is 0 Å². The number of pyridine rings is 2. The van der Waals surface area contributed by atoms with Crippen molar-refractivity contribution in [2.24, 2.45) is 0 Å². The molecule has 166 valence electrons. The van der Waals surface area contributed by atoms with Crippen molar-refractivity contribution in [3.63, 3.8) is 0 Å². The average Bonchev–Trinajstić information content (AvgIpc) is 2.84. The lowest BCUT2D eigenvalue weighted by molar-refractivity contribution is 0.0951. The van der Waals surface area contributed by atoms with Crippen LogP contribution < -0.4 is 10.6 Å². The van der Waals surface area contributed by atoms with E-state index in [1.807, 2.05) is 12.1 Å². The van der Waals surface area contributed by atoms with Gasteiger partial charge in [0.15, 0.2) is 0 Å². The van der Waals surface area contributed by atoms with Crippen LogP contribution in [0, 0.1) is 11.6 Å². The molecule has 0 aliphatic carbocycles. The number of rotatable bonds is 8. The summed E-state index contributed by atoms with van der Waals surface area (Å²) in [5, 5.41) is 6.08. The third-order valence-corrected chi connectivity index (χ3v) is 5.05. The zero-order valence-corrected chi connectivity index (χ0v) is 17.8. The first kappa shape index (κ1) is 22.1. The van der Waals surface area contributed by atoms with Crippen LogP contribution in [0.4, 0.5) is 14.6 Å². The van der Waals surface area contributed by atoms with Gasteiger partial charge in [-0.2, -0.15) is 0 Å². The molecule has 5 nitrogen and oxygen atoms in total. The number of nitrogens with one attached hydrogen (secondary N) is 2. The summed E-state index contributed by atoms with van der Waals surface area (Å²) in [6.45, 7) is 0.779. The number of aromatic nitrogens is 2. The van der Waals surface area contributed by atoms with E-state index in [0.29, 0.717) is 36.6 Å². The summed E-state index contributed by atoms with van der Waals surface area (Å²) in [4.78, 5) is 21.6. The van der Waals surface area contributed by atoms with E-state index in [0.717, 1.165) is 16.7 Å². The molecule has 0 aliphatic rings. The zero-order chi connectivity index (χ0) is 23.0. The van der Waals surface area contributed by atoms with Crippen molar-refractivity contribution in [2.45, 2.75) is 13.0 Å². The van der Waals surface area contributed by atoms with Crippen LogP contribution >= 0.6 is 0 Å². The first-order valence-corrected chi connectivity index (χ1v) is 10.5. The van der Waals surface area contributed by atoms with Crippen molar-refractivity contribution < 1.29 is 13.6 Å². The van der Waals surface area contributed by atoms with Crippen LogP contribution in [0.1, 0.15) is 21.5 Å². The summed E-state index contributed by atoms with van der Waals surface area (Å²) < 4.78 is 26.8. The molecular weight excluding hydrogens is 422 g/mol. The Hall–Kier alpha value is -4.13. The molecule has 7 heteroatoms. The van der Waals surface area contributed by atoms with Crippen LogP contribution in [0.15, 0.2) is 85.2 Å². The second-order valence-corrected chi connectivity index (χ2v) is 7.45. The van der Waals surface area contributed by atoms with Gasteiger partial charge in [-0.3, -0.25) is 9.78 Å². The molecule has 0 bridgehead atoms. The van der Waals surface area contributed by atoms with Gasteiger partial charge in [0.25, 0.3) is 5.91 Å². The molecule has 0 fully saturated rings. The Balaban J connectivity index is 1.54. The Morgan fingerprint density at radius 2 is 1.70 bits per heavy atom. The number of amides is 1. The molecule has 0 aliphatic heterocycles. The quantitative estimate of drug-likeness (QED) is 0.401. The van der Waals surface area contributed by atoms with Gasteiger partial charge in [-0.1, -0.05) is 18.2 Å². The van der Waals surface area contributed by atoms with E-state index in [9.17, 15) is 13.6 Å². The van der Waals surface area contributed by atoms with E-state index in [4.69, 9.17) is 0 Å². The summed E-state index contributed by atoms with van der Waals surface area (Å²) in [5.41, 5.74) is 3.42. The maximum Gasteiger partial charge on any atom is 0.255 e. The monoisotopic (exact) mass is 444 g/mol. The van der Waals surface area contributed by atoms with Gasteiger partial charge in [0.1, 0.15) is 17.5 Å². The fourth-order valence-corrected chi connectivity index (χ4v) is 3.36. The van der Waals surface area contributed by atoms with Crippen molar-refractivity contribution in [2.75, 3.05) is 11.9 Å². The Morgan fingerprint density at radius 1 is 0.879 bits per heavy atom. The molecule has 2 aromatic carbocycles. The normalized spacial score (nSPS) is 10.6. The Kier molecular flexibility index (Phi) is 6.99. The molecule has 0 unspecified atom stereocenters. The number of hydrogen-bond donors (Lipinski definition) is 2. The molecule has 1 amide bonds. The van der Waals surface area contributed by atoms with Gasteiger partial charge in [-0.25, -0.2) is 13.8 Å². The minimum absolute atomic E-state index is 0.287. The van der Waals surface area contributed by atoms with Crippen LogP contribution in [0.25, 0.3) is 11.3 Å². The van der Waals surface area contributed by atoms with Crippen LogP contribution in [0.3, 0.4) is 0 Å². The van der Waals surface area contributed by atoms with E-state index in [2.05, 4.69) is 20.6 Å². The van der Waals surface area contributed by atoms with Gasteiger partial charge in [0.2, 0.25) is 0 Å². The third-order valence-electron chi connectivity index (χ3n) is 5.05. The van der Waals surface area contributed by atoms with Crippen molar-refractivity contribution in [3.8, 4) is 11.3 Å². The predicted molar refractivity (Wildman–Crippen MR) is 124 cm³/mol. The number of hydrogen-bond acceptors (Lipinski definition) is 4. The van der Waals surface area contributed by atoms with Crippen LogP contribution in [-0.2, 0) is 13.0 Å². The number of nitrogens with zero attached hydrogens (tertiary/aromatic N) is 2. The van der Waals surface area contributed by atoms with Crippen molar-refractivity contribution in [1.29, 1.82) is 0 Å². The summed E-state index contributed by atoms with van der Waals surface area (Å²) >= 11 is 0. The van der Waals surface area contributed by atoms with Crippen LogP contribution in [0.5, 0.6) is 0 Å². The first-order valence-electron chi connectivity index (χ1n) is 10.5. The summed E-state index contributed by atoms with van der Waals surface area (Å²) in [6, 6.07) is 19.5. The van der Waals surface area contributed by atoms with E-state index >= 15 is 0 Å². The molecule has 0 saturated carbocycles. The van der Waals surface area contributed by atoms with E-state index in [-0.39, 0.29) is 17.5 Å². The number of anilines is 1. The number of benzene rings is 2. The van der Waals surface area contributed by atoms with Crippen LogP contribution in [-0.4, -0.2) is 22.4 Å². The van der Waals surface area contributed by atoms with E-state index in [1.54, 1.807) is 48.8 Å². The Labute approximate surface area is 190 Å². The highest BCUT2D eigenvalue weighted by Gasteiger charge is 2.14. The van der Waals surface area contributed by atoms with Gasteiger partial charge in [-0.15, -0.1) is 0 Å². The van der Waals surface area contributed by atoms with Gasteiger partial charge in [0, 0.05) is 31.0 Å². The molecule has 0 saturated heterocycles. The first-order chi connectivity index (χ1) is 16.1. The largest absolute Gasteiger partial charge is 0.369 e. The third kappa shape index (κ3) is 5.98. The highest BCUT2D eigenvalue weighted by Crippen LogP contribution is 2.23. The fraction of sp³-hybridized carbons (Fsp3) is 0.115. The second-order valence-electron chi connectivity index (χ2n) is 7.45. The molecule has 0 radical (unpaired) electrons. The molecule has 0 atom stereocenters. The SMILES string of the molecule is O=C(NCc1cccnc1)c1ccc(-c2ccc(F)cc2)nc1NCCc1cccc(F)c1. The maximum absolute atomic E-state index is 13.5. The molecular formula is C26H22F2N4O. The lowest BCUT2D eigenvalue weighted by atomic mass is 10.1. The highest BCUT2D eigenvalue weighted by atomic mass is 19.1. The molecule has 4 aromatic rings. The predicted octanol–water partition coefficient (Wildman–Crippen LogP) is 5.01. The average molecular weight is 444 g/mol. The molecule has 33 heavy (non-hydrogen) atoms. The highest BCUT2D eigenvalue weighted by molar-refractivity contribution is 5.99. The van der Waals surface area contributed by atoms with Gasteiger partial charge in [0.05, 0.1) is 11.3 Å². The van der Waals surface area contributed by atoms with Gasteiger partial charge < -0.3 is 10.6 Å². The van der Waals surface area contributed by atoms with Crippen molar-refractivity contribution in [1.82, 2.24) is 15.3 Å². The summed E-state index contributed by atoms with van der Waals surface area (Å²) in [7, 11) is 0. The Bertz CT molecular complexity index is 1230. The van der Waals surface area contributed by atoms with Gasteiger partial charge in [-0.05, 0) is 72.1 Å². The molecule has 2 heterocycles. The minimum atomic E-state index is -0.335. The lowest BCUT2D eigenvalue weighted by Crippen LogP contribution is -2.24. The van der Waals surface area contributed by atoms with Gasteiger partial charge >= 0.3 is 0 Å². The second kappa shape index (κ2) is 10.5. The standard InChI is InChI=1S/C26H22F2N4O/c27-21-8-6-20(7-9-21)24-11-10-23(26(33)31-17-19-4-2-13-29-16-19)25(32-24)30-14-12-18-3-1-5-22(28)15-18/h1-11,13,15-16H,12,14,17H2,(H,30,32)(H,31,33). The lowest BCUT2D eigenvalue weighted by Gasteiger charge is -2.13. The minimum Gasteiger partial charge on any atom is -0.369 e. The van der Waals surface area contributed by atoms with E-state index in [1.165, 1.54) is 24.3 Å². The Morgan fingerprint density at radius 3 is 2.45 bits per heavy atom. The number of carbonyl (C=O) groups excluding carboxylic acids is 1. The molecule has 2 aromatic heterocycles. The topological polar surface area (TPSA) is 66.9 Å². The fourth-order valence-electron chi connectivity index (χ4n) is 3.36. The molecule has 2 N–H and O–H groups in total. The molecule has 4 rings (SSSR count).